The summed E-state index contributed by atoms with van der Waals surface area (Å²) < 4.78 is 10.2. The highest BCUT2D eigenvalue weighted by Crippen LogP contribution is 2.02. The highest BCUT2D eigenvalue weighted by Gasteiger charge is 2.01. The monoisotopic (exact) mass is 201 g/mol. The van der Waals surface area contributed by atoms with Gasteiger partial charge in [-0.3, -0.25) is 0 Å². The smallest absolute Gasteiger partial charge is 0.0700 e. The summed E-state index contributed by atoms with van der Waals surface area (Å²) in [6, 6.07) is 0.262. The van der Waals surface area contributed by atoms with E-state index in [0.29, 0.717) is 13.2 Å². The molecule has 0 aromatic rings. The SMILES string of the molecule is C=CCCCC(N)CCOCCOC. The minimum atomic E-state index is 0.262. The van der Waals surface area contributed by atoms with Crippen LogP contribution in [0.5, 0.6) is 0 Å². The summed E-state index contributed by atoms with van der Waals surface area (Å²) in [5.74, 6) is 0. The van der Waals surface area contributed by atoms with Crippen molar-refractivity contribution < 1.29 is 9.47 Å². The zero-order valence-corrected chi connectivity index (χ0v) is 9.21. The molecule has 0 heterocycles. The first-order valence-electron chi connectivity index (χ1n) is 5.24. The fourth-order valence-electron chi connectivity index (χ4n) is 1.15. The van der Waals surface area contributed by atoms with Crippen LogP contribution in [0.1, 0.15) is 25.7 Å². The van der Waals surface area contributed by atoms with Crippen LogP contribution in [0.25, 0.3) is 0 Å². The number of rotatable bonds is 10. The molecule has 0 spiro atoms. The fourth-order valence-corrected chi connectivity index (χ4v) is 1.15. The minimum Gasteiger partial charge on any atom is -0.382 e. The largest absolute Gasteiger partial charge is 0.382 e. The Kier molecular flexibility index (Phi) is 10.4. The molecule has 0 bridgehead atoms. The van der Waals surface area contributed by atoms with E-state index in [9.17, 15) is 0 Å². The second-order valence-electron chi connectivity index (χ2n) is 3.37. The average molecular weight is 201 g/mol. The van der Waals surface area contributed by atoms with Crippen LogP contribution in [-0.4, -0.2) is 33.0 Å². The quantitative estimate of drug-likeness (QED) is 0.432. The van der Waals surface area contributed by atoms with Crippen molar-refractivity contribution in [1.29, 1.82) is 0 Å². The van der Waals surface area contributed by atoms with Crippen molar-refractivity contribution in [2.75, 3.05) is 26.9 Å². The summed E-state index contributed by atoms with van der Waals surface area (Å²) in [6.07, 6.45) is 6.10. The van der Waals surface area contributed by atoms with Crippen LogP contribution in [0, 0.1) is 0 Å². The van der Waals surface area contributed by atoms with Gasteiger partial charge in [0.25, 0.3) is 0 Å². The number of methoxy groups -OCH3 is 1. The van der Waals surface area contributed by atoms with Crippen molar-refractivity contribution in [1.82, 2.24) is 0 Å². The minimum absolute atomic E-state index is 0.262. The number of nitrogens with two attached hydrogens (primary N) is 1. The van der Waals surface area contributed by atoms with E-state index in [2.05, 4.69) is 6.58 Å². The number of ether oxygens (including phenoxy) is 2. The maximum absolute atomic E-state index is 5.88. The summed E-state index contributed by atoms with van der Waals surface area (Å²) in [4.78, 5) is 0. The Hall–Kier alpha value is -0.380. The van der Waals surface area contributed by atoms with E-state index in [1.165, 1.54) is 0 Å². The fraction of sp³-hybridized carbons (Fsp3) is 0.818. The van der Waals surface area contributed by atoms with Crippen molar-refractivity contribution in [3.63, 3.8) is 0 Å². The van der Waals surface area contributed by atoms with Crippen LogP contribution in [0.15, 0.2) is 12.7 Å². The van der Waals surface area contributed by atoms with Gasteiger partial charge in [-0.15, -0.1) is 6.58 Å². The maximum Gasteiger partial charge on any atom is 0.0700 e. The molecule has 0 aliphatic rings. The van der Waals surface area contributed by atoms with E-state index in [-0.39, 0.29) is 6.04 Å². The molecule has 0 amide bonds. The summed E-state index contributed by atoms with van der Waals surface area (Å²) in [5.41, 5.74) is 5.88. The first kappa shape index (κ1) is 13.6. The zero-order valence-electron chi connectivity index (χ0n) is 9.21. The molecule has 0 aromatic carbocycles. The topological polar surface area (TPSA) is 44.5 Å². The second-order valence-corrected chi connectivity index (χ2v) is 3.37. The molecule has 0 radical (unpaired) electrons. The van der Waals surface area contributed by atoms with Crippen molar-refractivity contribution in [3.8, 4) is 0 Å². The Morgan fingerprint density at radius 3 is 2.71 bits per heavy atom. The number of hydrogen-bond donors (Lipinski definition) is 1. The lowest BCUT2D eigenvalue weighted by atomic mass is 10.1. The number of allylic oxidation sites excluding steroid dienone is 1. The summed E-state index contributed by atoms with van der Waals surface area (Å²) in [6.45, 7) is 5.73. The van der Waals surface area contributed by atoms with E-state index in [0.717, 1.165) is 32.3 Å². The van der Waals surface area contributed by atoms with Gasteiger partial charge in [0.05, 0.1) is 13.2 Å². The lowest BCUT2D eigenvalue weighted by Crippen LogP contribution is -2.22. The molecule has 3 heteroatoms. The van der Waals surface area contributed by atoms with Gasteiger partial charge in [0, 0.05) is 19.8 Å². The molecule has 3 nitrogen and oxygen atoms in total. The molecule has 0 aliphatic heterocycles. The molecule has 14 heavy (non-hydrogen) atoms. The normalized spacial score (nSPS) is 12.7. The van der Waals surface area contributed by atoms with Crippen LogP contribution in [0.3, 0.4) is 0 Å². The van der Waals surface area contributed by atoms with E-state index >= 15 is 0 Å². The van der Waals surface area contributed by atoms with Gasteiger partial charge in [-0.25, -0.2) is 0 Å². The van der Waals surface area contributed by atoms with Gasteiger partial charge >= 0.3 is 0 Å². The lowest BCUT2D eigenvalue weighted by Gasteiger charge is -2.10. The maximum atomic E-state index is 5.88. The highest BCUT2D eigenvalue weighted by molar-refractivity contribution is 4.68. The van der Waals surface area contributed by atoms with Gasteiger partial charge in [-0.1, -0.05) is 6.08 Å². The summed E-state index contributed by atoms with van der Waals surface area (Å²) in [5, 5.41) is 0. The highest BCUT2D eigenvalue weighted by atomic mass is 16.5. The van der Waals surface area contributed by atoms with Crippen LogP contribution in [0.2, 0.25) is 0 Å². The zero-order chi connectivity index (χ0) is 10.6. The van der Waals surface area contributed by atoms with Gasteiger partial charge in [-0.2, -0.15) is 0 Å². The standard InChI is InChI=1S/C11H23NO2/c1-3-4-5-6-11(12)7-8-14-10-9-13-2/h3,11H,1,4-10,12H2,2H3. The third-order valence-electron chi connectivity index (χ3n) is 2.05. The molecule has 2 N–H and O–H groups in total. The molecule has 0 saturated carbocycles. The first-order valence-corrected chi connectivity index (χ1v) is 5.24. The Morgan fingerprint density at radius 2 is 2.07 bits per heavy atom. The van der Waals surface area contributed by atoms with Crippen molar-refractivity contribution in [2.45, 2.75) is 31.7 Å². The molecule has 0 saturated heterocycles. The molecule has 0 fully saturated rings. The van der Waals surface area contributed by atoms with Crippen LogP contribution in [0.4, 0.5) is 0 Å². The molecule has 0 aromatic heterocycles. The third kappa shape index (κ3) is 9.71. The Balaban J connectivity index is 3.09. The Morgan fingerprint density at radius 1 is 1.29 bits per heavy atom. The molecule has 1 atom stereocenters. The predicted octanol–water partition coefficient (Wildman–Crippen LogP) is 1.72. The Labute approximate surface area is 87.3 Å². The van der Waals surface area contributed by atoms with Gasteiger partial charge in [-0.05, 0) is 25.7 Å². The summed E-state index contributed by atoms with van der Waals surface area (Å²) >= 11 is 0. The molecular formula is C11H23NO2. The van der Waals surface area contributed by atoms with E-state index < -0.39 is 0 Å². The van der Waals surface area contributed by atoms with E-state index in [4.69, 9.17) is 15.2 Å². The molecule has 84 valence electrons. The molecular weight excluding hydrogens is 178 g/mol. The second kappa shape index (κ2) is 10.7. The van der Waals surface area contributed by atoms with Gasteiger partial charge < -0.3 is 15.2 Å². The van der Waals surface area contributed by atoms with Crippen LogP contribution >= 0.6 is 0 Å². The first-order chi connectivity index (χ1) is 6.81. The van der Waals surface area contributed by atoms with Crippen molar-refractivity contribution in [3.05, 3.63) is 12.7 Å². The average Bonchev–Trinajstić information content (AvgIpc) is 2.18. The number of unbranched alkanes of at least 4 members (excludes halogenated alkanes) is 1. The predicted molar refractivity (Wildman–Crippen MR) is 59.3 cm³/mol. The number of hydrogen-bond acceptors (Lipinski definition) is 3. The van der Waals surface area contributed by atoms with E-state index in [1.807, 2.05) is 6.08 Å². The van der Waals surface area contributed by atoms with Gasteiger partial charge in [0.2, 0.25) is 0 Å². The summed E-state index contributed by atoms with van der Waals surface area (Å²) in [7, 11) is 1.67. The van der Waals surface area contributed by atoms with Crippen LogP contribution < -0.4 is 5.73 Å². The molecule has 0 rings (SSSR count). The van der Waals surface area contributed by atoms with Crippen molar-refractivity contribution >= 4 is 0 Å². The Bertz CT molecular complexity index is 128. The van der Waals surface area contributed by atoms with Crippen molar-refractivity contribution in [2.24, 2.45) is 5.73 Å². The van der Waals surface area contributed by atoms with Gasteiger partial charge in [0.15, 0.2) is 0 Å². The van der Waals surface area contributed by atoms with Crippen LogP contribution in [-0.2, 0) is 9.47 Å². The van der Waals surface area contributed by atoms with E-state index in [1.54, 1.807) is 7.11 Å². The lowest BCUT2D eigenvalue weighted by molar-refractivity contribution is 0.0669. The third-order valence-corrected chi connectivity index (χ3v) is 2.05. The van der Waals surface area contributed by atoms with Gasteiger partial charge in [0.1, 0.15) is 0 Å². The molecule has 1 unspecified atom stereocenters. The molecule has 0 aliphatic carbocycles.